The molecule has 0 aromatic heterocycles. The molecule has 1 rings (SSSR count). The van der Waals surface area contributed by atoms with E-state index in [4.69, 9.17) is 0 Å². The molecule has 0 saturated heterocycles. The van der Waals surface area contributed by atoms with E-state index in [1.54, 1.807) is 0 Å². The van der Waals surface area contributed by atoms with Gasteiger partial charge in [-0.25, -0.2) is 0 Å². The standard InChI is InChI=1S/C14H29N.2Li/c1-13(2,3)12(15-14(4,5)6)11-9-7-8-10-11;;/h11-12,15H,7-10H2,1-6H3;;. The van der Waals surface area contributed by atoms with Crippen molar-refractivity contribution in [2.45, 2.75) is 78.8 Å². The van der Waals surface area contributed by atoms with E-state index < -0.39 is 0 Å². The molecule has 0 radical (unpaired) electrons. The number of hydrogen-bond donors (Lipinski definition) is 1. The average Bonchev–Trinajstić information content (AvgIpc) is 2.67. The Morgan fingerprint density at radius 2 is 1.35 bits per heavy atom. The van der Waals surface area contributed by atoms with E-state index in [1.807, 2.05) is 30.8 Å². The molecule has 0 aromatic rings. The Morgan fingerprint density at radius 3 is 1.65 bits per heavy atom. The van der Waals surface area contributed by atoms with E-state index in [-0.39, 0.29) is 5.54 Å². The zero-order valence-electron chi connectivity index (χ0n) is 13.5. The summed E-state index contributed by atoms with van der Waals surface area (Å²) in [7, 11) is 0. The van der Waals surface area contributed by atoms with Gasteiger partial charge in [0.2, 0.25) is 0 Å². The van der Waals surface area contributed by atoms with Crippen molar-refractivity contribution in [3.63, 3.8) is 0 Å². The van der Waals surface area contributed by atoms with Gasteiger partial charge in [0.1, 0.15) is 0 Å². The number of nitrogens with one attached hydrogen (secondary N) is 1. The van der Waals surface area contributed by atoms with Crippen LogP contribution in [0, 0.1) is 11.3 Å². The first kappa shape index (κ1) is 18.2. The van der Waals surface area contributed by atoms with Gasteiger partial charge in [-0.2, -0.15) is 0 Å². The average molecular weight is 225 g/mol. The summed E-state index contributed by atoms with van der Waals surface area (Å²) in [6.45, 7) is 13.9. The van der Waals surface area contributed by atoms with Crippen LogP contribution < -0.4 is 5.32 Å². The van der Waals surface area contributed by atoms with Gasteiger partial charge in [-0.3, -0.25) is 0 Å². The van der Waals surface area contributed by atoms with Gasteiger partial charge in [0, 0.05) is 11.6 Å². The second kappa shape index (κ2) is 7.67. The Bertz CT molecular complexity index is 197. The molecule has 1 nitrogen and oxygen atoms in total. The molecule has 17 heavy (non-hydrogen) atoms. The topological polar surface area (TPSA) is 12.0 Å². The number of rotatable bonds is 2. The third-order valence-corrected chi connectivity index (χ3v) is 3.39. The fourth-order valence-corrected chi connectivity index (χ4v) is 2.80. The molecule has 0 spiro atoms. The molecule has 0 aromatic carbocycles. The first-order chi connectivity index (χ1) is 7.70. The van der Waals surface area contributed by atoms with Gasteiger partial charge in [-0.15, -0.1) is 0 Å². The van der Waals surface area contributed by atoms with Crippen molar-refractivity contribution < 1.29 is 0 Å². The van der Waals surface area contributed by atoms with E-state index in [0.29, 0.717) is 11.5 Å². The van der Waals surface area contributed by atoms with Crippen LogP contribution in [0.5, 0.6) is 0 Å². The van der Waals surface area contributed by atoms with Crippen LogP contribution in [0.4, 0.5) is 0 Å². The predicted octanol–water partition coefficient (Wildman–Crippen LogP) is 3.22. The van der Waals surface area contributed by atoms with E-state index >= 15 is 0 Å². The molecule has 0 amide bonds. The van der Waals surface area contributed by atoms with Crippen molar-refractivity contribution in [3.8, 4) is 0 Å². The maximum absolute atomic E-state index is 3.84. The first-order valence-electron chi connectivity index (χ1n) is 7.48. The summed E-state index contributed by atoms with van der Waals surface area (Å²) in [5.74, 6) is 0.893. The zero-order valence-corrected chi connectivity index (χ0v) is 13.5. The molecule has 1 aliphatic carbocycles. The van der Waals surface area contributed by atoms with Crippen molar-refractivity contribution in [3.05, 3.63) is 0 Å². The molecular formula is C14H29Li2N. The van der Waals surface area contributed by atoms with Crippen LogP contribution in [0.15, 0.2) is 0 Å². The Hall–Kier alpha value is 1.15. The Balaban J connectivity index is 0.00000121. The van der Waals surface area contributed by atoms with Gasteiger partial charge >= 0.3 is 30.8 Å². The first-order valence-corrected chi connectivity index (χ1v) is 7.48. The normalized spacial score (nSPS) is 19.9. The number of hydrogen-bond acceptors (Lipinski definition) is 1. The summed E-state index contributed by atoms with van der Waals surface area (Å²) >= 11 is 4.00. The van der Waals surface area contributed by atoms with Crippen LogP contribution in [-0.2, 0) is 0 Å². The van der Waals surface area contributed by atoms with Crippen LogP contribution in [0.1, 0.15) is 67.2 Å². The minimum absolute atomic E-state index is 0.237. The van der Waals surface area contributed by atoms with Gasteiger partial charge in [-0.1, -0.05) is 33.6 Å². The monoisotopic (exact) mass is 225 g/mol. The summed E-state index contributed by atoms with van der Waals surface area (Å²) in [6.07, 6.45) is 5.71. The van der Waals surface area contributed by atoms with Gasteiger partial charge in [0.15, 0.2) is 0 Å². The molecule has 0 bridgehead atoms. The summed E-state index contributed by atoms with van der Waals surface area (Å²) in [4.78, 5) is 0. The van der Waals surface area contributed by atoms with Crippen molar-refractivity contribution in [2.75, 3.05) is 0 Å². The summed E-state index contributed by atoms with van der Waals surface area (Å²) in [5, 5.41) is 3.84. The van der Waals surface area contributed by atoms with E-state index in [1.165, 1.54) is 25.7 Å². The molecule has 1 fully saturated rings. The van der Waals surface area contributed by atoms with Crippen molar-refractivity contribution in [1.82, 2.24) is 5.32 Å². The van der Waals surface area contributed by atoms with Gasteiger partial charge in [0.25, 0.3) is 0 Å². The van der Waals surface area contributed by atoms with Crippen molar-refractivity contribution in [2.24, 2.45) is 11.3 Å². The minimum atomic E-state index is 0.237. The fourth-order valence-electron chi connectivity index (χ4n) is 2.80. The molecule has 1 unspecified atom stereocenters. The van der Waals surface area contributed by atoms with E-state index in [0.717, 1.165) is 5.92 Å². The molecule has 0 heterocycles. The second-order valence-corrected chi connectivity index (χ2v) is 7.28. The molecule has 3 heteroatoms. The molecule has 92 valence electrons. The summed E-state index contributed by atoms with van der Waals surface area (Å²) in [6, 6.07) is 0.667. The Morgan fingerprint density at radius 1 is 0.941 bits per heavy atom. The van der Waals surface area contributed by atoms with Crippen LogP contribution in [-0.4, -0.2) is 42.4 Å². The van der Waals surface area contributed by atoms with Gasteiger partial charge in [0.05, 0.1) is 0 Å². The quantitative estimate of drug-likeness (QED) is 0.711. The van der Waals surface area contributed by atoms with Crippen LogP contribution in [0.25, 0.3) is 0 Å². The van der Waals surface area contributed by atoms with Gasteiger partial charge in [-0.05, 0) is 44.9 Å². The Labute approximate surface area is 126 Å². The molecule has 1 aliphatic rings. The molecule has 1 atom stereocenters. The van der Waals surface area contributed by atoms with Crippen molar-refractivity contribution >= 4 is 30.8 Å². The second-order valence-electron chi connectivity index (χ2n) is 7.28. The SMILES string of the molecule is CC(C)(C)NC(C1CCCC1)C(C)(C)C.[Li][Li]. The van der Waals surface area contributed by atoms with Crippen molar-refractivity contribution in [1.29, 1.82) is 0 Å². The summed E-state index contributed by atoms with van der Waals surface area (Å²) in [5.41, 5.74) is 0.614. The van der Waals surface area contributed by atoms with Crippen LogP contribution >= 0.6 is 0 Å². The fraction of sp³-hybridized carbons (Fsp3) is 1.00. The molecule has 1 saturated carbocycles. The molecule has 0 aliphatic heterocycles. The maximum atomic E-state index is 3.84. The van der Waals surface area contributed by atoms with Gasteiger partial charge < -0.3 is 5.32 Å². The third kappa shape index (κ3) is 7.35. The van der Waals surface area contributed by atoms with E-state index in [9.17, 15) is 0 Å². The molecular weight excluding hydrogens is 196 g/mol. The predicted molar refractivity (Wildman–Crippen MR) is 79.6 cm³/mol. The zero-order chi connectivity index (χ0) is 13.7. The molecule has 1 N–H and O–H groups in total. The Kier molecular flexibility index (Phi) is 8.19. The summed E-state index contributed by atoms with van der Waals surface area (Å²) < 4.78 is 0. The third-order valence-electron chi connectivity index (χ3n) is 3.39. The van der Waals surface area contributed by atoms with Crippen LogP contribution in [0.2, 0.25) is 0 Å². The van der Waals surface area contributed by atoms with E-state index in [2.05, 4.69) is 46.9 Å². The van der Waals surface area contributed by atoms with Crippen LogP contribution in [0.3, 0.4) is 0 Å².